The van der Waals surface area contributed by atoms with Crippen LogP contribution < -0.4 is 0 Å². The van der Waals surface area contributed by atoms with E-state index in [1.165, 1.54) is 36.0 Å². The Kier molecular flexibility index (Phi) is 6.08. The van der Waals surface area contributed by atoms with E-state index >= 15 is 0 Å². The molecule has 0 radical (unpaired) electrons. The Hall–Kier alpha value is -2.92. The zero-order valence-electron chi connectivity index (χ0n) is 13.1. The highest BCUT2D eigenvalue weighted by Gasteiger charge is 2.17. The molecule has 0 bridgehead atoms. The largest absolute Gasteiger partial charge is 0.460 e. The summed E-state index contributed by atoms with van der Waals surface area (Å²) >= 11 is 1.18. The fourth-order valence-corrected chi connectivity index (χ4v) is 2.76. The molecule has 0 aromatic heterocycles. The molecule has 128 valence electrons. The third kappa shape index (κ3) is 5.02. The van der Waals surface area contributed by atoms with Crippen LogP contribution in [0.4, 0.5) is 10.1 Å². The van der Waals surface area contributed by atoms with Gasteiger partial charge in [0.05, 0.1) is 16.6 Å². The number of nitro benzene ring substituents is 1. The van der Waals surface area contributed by atoms with Crippen molar-refractivity contribution < 1.29 is 18.8 Å². The van der Waals surface area contributed by atoms with Crippen molar-refractivity contribution in [2.24, 2.45) is 0 Å². The first-order valence-corrected chi connectivity index (χ1v) is 8.05. The lowest BCUT2D eigenvalue weighted by Crippen LogP contribution is -2.17. The van der Waals surface area contributed by atoms with Crippen LogP contribution in [0.1, 0.15) is 18.1 Å². The molecule has 1 atom stereocenters. The number of benzene rings is 2. The van der Waals surface area contributed by atoms with Gasteiger partial charge in [-0.05, 0) is 31.2 Å². The molecule has 2 rings (SSSR count). The first-order valence-electron chi connectivity index (χ1n) is 7.17. The van der Waals surface area contributed by atoms with E-state index in [1.54, 1.807) is 19.1 Å². The maximum atomic E-state index is 13.7. The van der Waals surface area contributed by atoms with Crippen LogP contribution >= 0.6 is 11.8 Å². The molecule has 0 fully saturated rings. The number of thioether (sulfide) groups is 1. The normalized spacial score (nSPS) is 11.4. The van der Waals surface area contributed by atoms with Gasteiger partial charge in [0.25, 0.3) is 5.69 Å². The molecule has 25 heavy (non-hydrogen) atoms. The van der Waals surface area contributed by atoms with E-state index < -0.39 is 22.0 Å². The zero-order chi connectivity index (χ0) is 18.4. The van der Waals surface area contributed by atoms with Gasteiger partial charge in [-0.3, -0.25) is 14.9 Å². The van der Waals surface area contributed by atoms with Gasteiger partial charge in [0.2, 0.25) is 0 Å². The van der Waals surface area contributed by atoms with Crippen molar-refractivity contribution in [3.63, 3.8) is 0 Å². The van der Waals surface area contributed by atoms with E-state index in [2.05, 4.69) is 0 Å². The van der Waals surface area contributed by atoms with E-state index in [4.69, 9.17) is 10.00 Å². The number of non-ortho nitro benzene ring substituents is 1. The topological polar surface area (TPSA) is 93.2 Å². The second-order valence-electron chi connectivity index (χ2n) is 5.04. The highest BCUT2D eigenvalue weighted by Crippen LogP contribution is 2.26. The number of hydrogen-bond acceptors (Lipinski definition) is 6. The van der Waals surface area contributed by atoms with Crippen LogP contribution in [0.5, 0.6) is 0 Å². The minimum atomic E-state index is -0.609. The van der Waals surface area contributed by atoms with Crippen LogP contribution in [0.15, 0.2) is 47.4 Å². The van der Waals surface area contributed by atoms with E-state index in [1.807, 2.05) is 6.07 Å². The smallest absolute Gasteiger partial charge is 0.319 e. The minimum Gasteiger partial charge on any atom is -0.460 e. The summed E-state index contributed by atoms with van der Waals surface area (Å²) in [6.07, 6.45) is 0. The van der Waals surface area contributed by atoms with Gasteiger partial charge in [-0.25, -0.2) is 4.39 Å². The average Bonchev–Trinajstić information content (AvgIpc) is 2.60. The van der Waals surface area contributed by atoms with Crippen molar-refractivity contribution in [3.05, 3.63) is 69.5 Å². The predicted molar refractivity (Wildman–Crippen MR) is 89.3 cm³/mol. The summed E-state index contributed by atoms with van der Waals surface area (Å²) in [6.45, 7) is 1.39. The second kappa shape index (κ2) is 8.26. The highest BCUT2D eigenvalue weighted by atomic mass is 32.2. The molecular formula is C17H13FN2O4S. The number of carbonyl (C=O) groups is 1. The van der Waals surface area contributed by atoms with Gasteiger partial charge in [0.1, 0.15) is 17.7 Å². The van der Waals surface area contributed by atoms with Crippen molar-refractivity contribution in [1.82, 2.24) is 0 Å². The number of nitriles is 1. The summed E-state index contributed by atoms with van der Waals surface area (Å²) in [5, 5.41) is 18.7. The summed E-state index contributed by atoms with van der Waals surface area (Å²) in [4.78, 5) is 22.8. The van der Waals surface area contributed by atoms with Crippen molar-refractivity contribution in [2.75, 3.05) is 0 Å². The van der Waals surface area contributed by atoms with Gasteiger partial charge >= 0.3 is 5.97 Å². The van der Waals surface area contributed by atoms with E-state index in [0.29, 0.717) is 4.90 Å². The molecular weight excluding hydrogens is 347 g/mol. The monoisotopic (exact) mass is 360 g/mol. The molecule has 0 saturated carbocycles. The Balaban J connectivity index is 1.92. The quantitative estimate of drug-likeness (QED) is 0.336. The van der Waals surface area contributed by atoms with Crippen LogP contribution in [-0.2, 0) is 16.1 Å². The lowest BCUT2D eigenvalue weighted by molar-refractivity contribution is -0.384. The molecule has 0 heterocycles. The molecule has 0 aliphatic rings. The fourth-order valence-electron chi connectivity index (χ4n) is 1.90. The lowest BCUT2D eigenvalue weighted by Gasteiger charge is -2.11. The molecule has 0 N–H and O–H groups in total. The van der Waals surface area contributed by atoms with Gasteiger partial charge in [-0.1, -0.05) is 6.07 Å². The Morgan fingerprint density at radius 1 is 1.36 bits per heavy atom. The predicted octanol–water partition coefficient (Wildman–Crippen LogP) is 3.83. The van der Waals surface area contributed by atoms with Crippen molar-refractivity contribution >= 4 is 23.4 Å². The molecule has 0 aliphatic heterocycles. The number of halogens is 1. The van der Waals surface area contributed by atoms with E-state index in [9.17, 15) is 19.3 Å². The summed E-state index contributed by atoms with van der Waals surface area (Å²) in [7, 11) is 0. The van der Waals surface area contributed by atoms with Crippen molar-refractivity contribution in [2.45, 2.75) is 23.7 Å². The summed E-state index contributed by atoms with van der Waals surface area (Å²) in [5.74, 6) is -1.14. The lowest BCUT2D eigenvalue weighted by atomic mass is 10.1. The third-order valence-corrected chi connectivity index (χ3v) is 4.33. The Bertz CT molecular complexity index is 834. The summed E-state index contributed by atoms with van der Waals surface area (Å²) in [6, 6.07) is 11.6. The van der Waals surface area contributed by atoms with Gasteiger partial charge < -0.3 is 4.74 Å². The Labute approximate surface area is 147 Å². The molecule has 6 nitrogen and oxygen atoms in total. The number of nitro groups is 1. The van der Waals surface area contributed by atoms with Crippen LogP contribution in [0.25, 0.3) is 0 Å². The molecule has 0 saturated heterocycles. The number of nitrogens with zero attached hydrogens (tertiary/aromatic N) is 2. The maximum absolute atomic E-state index is 13.7. The first kappa shape index (κ1) is 18.4. The third-order valence-electron chi connectivity index (χ3n) is 3.24. The average molecular weight is 360 g/mol. The van der Waals surface area contributed by atoms with Crippen LogP contribution in [0.2, 0.25) is 0 Å². The SMILES string of the molecule is C[C@@H](Sc1ccc([N+](=O)[O-])cc1)C(=O)OCc1ccc(C#N)cc1F. The Morgan fingerprint density at radius 2 is 2.04 bits per heavy atom. The molecule has 0 spiro atoms. The van der Waals surface area contributed by atoms with Crippen molar-refractivity contribution in [3.8, 4) is 6.07 Å². The fraction of sp³-hybridized carbons (Fsp3) is 0.176. The number of hydrogen-bond donors (Lipinski definition) is 0. The number of rotatable bonds is 6. The zero-order valence-corrected chi connectivity index (χ0v) is 14.0. The van der Waals surface area contributed by atoms with Crippen molar-refractivity contribution in [1.29, 1.82) is 5.26 Å². The van der Waals surface area contributed by atoms with Crippen LogP contribution in [0.3, 0.4) is 0 Å². The molecule has 2 aromatic rings. The molecule has 2 aromatic carbocycles. The minimum absolute atomic E-state index is 0.0316. The number of esters is 1. The van der Waals surface area contributed by atoms with E-state index in [0.717, 1.165) is 6.07 Å². The highest BCUT2D eigenvalue weighted by molar-refractivity contribution is 8.00. The number of carbonyl (C=O) groups excluding carboxylic acids is 1. The van der Waals surface area contributed by atoms with Crippen LogP contribution in [0, 0.1) is 27.3 Å². The number of ether oxygens (including phenoxy) is 1. The maximum Gasteiger partial charge on any atom is 0.319 e. The standard InChI is InChI=1S/C17H13FN2O4S/c1-11(25-15-6-4-14(5-7-15)20(22)23)17(21)24-10-13-3-2-12(9-19)8-16(13)18/h2-8,11H,10H2,1H3/t11-/m1/s1. The van der Waals surface area contributed by atoms with Gasteiger partial charge in [-0.15, -0.1) is 11.8 Å². The Morgan fingerprint density at radius 3 is 2.60 bits per heavy atom. The van der Waals surface area contributed by atoms with Crippen LogP contribution in [-0.4, -0.2) is 16.1 Å². The molecule has 0 amide bonds. The molecule has 0 unspecified atom stereocenters. The summed E-state index contributed by atoms with van der Waals surface area (Å²) < 4.78 is 18.8. The van der Waals surface area contributed by atoms with E-state index in [-0.39, 0.29) is 23.4 Å². The molecule has 8 heteroatoms. The van der Waals surface area contributed by atoms with Gasteiger partial charge in [0.15, 0.2) is 0 Å². The summed E-state index contributed by atoms with van der Waals surface area (Å²) in [5.41, 5.74) is 0.338. The second-order valence-corrected chi connectivity index (χ2v) is 6.45. The van der Waals surface area contributed by atoms with Gasteiger partial charge in [-0.2, -0.15) is 5.26 Å². The molecule has 0 aliphatic carbocycles. The van der Waals surface area contributed by atoms with Gasteiger partial charge in [0, 0.05) is 22.6 Å². The first-order chi connectivity index (χ1) is 11.9.